The van der Waals surface area contributed by atoms with Crippen LogP contribution in [0.25, 0.3) is 0 Å². The van der Waals surface area contributed by atoms with Crippen molar-refractivity contribution in [3.63, 3.8) is 0 Å². The zero-order chi connectivity index (χ0) is 18.7. The van der Waals surface area contributed by atoms with Crippen molar-refractivity contribution in [1.29, 1.82) is 0 Å². The lowest BCUT2D eigenvalue weighted by Crippen LogP contribution is -2.09. The van der Waals surface area contributed by atoms with Crippen molar-refractivity contribution in [1.82, 2.24) is 0 Å². The average molecular weight is 383 g/mol. The van der Waals surface area contributed by atoms with Crippen LogP contribution in [0.2, 0.25) is 10.0 Å². The molecule has 0 heterocycles. The summed E-state index contributed by atoms with van der Waals surface area (Å²) in [5, 5.41) is 19.6. The second-order valence-corrected chi connectivity index (χ2v) is 6.98. The Labute approximate surface area is 157 Å². The highest BCUT2D eigenvalue weighted by Crippen LogP contribution is 2.36. The van der Waals surface area contributed by atoms with E-state index in [-0.39, 0.29) is 11.7 Å². The molecule has 0 amide bonds. The first kappa shape index (κ1) is 19.4. The van der Waals surface area contributed by atoms with E-state index in [9.17, 15) is 9.90 Å². The van der Waals surface area contributed by atoms with E-state index >= 15 is 0 Å². The Morgan fingerprint density at radius 3 is 2.32 bits per heavy atom. The number of carboxylic acids is 1. The van der Waals surface area contributed by atoms with Crippen molar-refractivity contribution in [3.05, 3.63) is 56.6 Å². The highest BCUT2D eigenvalue weighted by atomic mass is 35.5. The van der Waals surface area contributed by atoms with Crippen molar-refractivity contribution in [2.75, 3.05) is 6.61 Å². The van der Waals surface area contributed by atoms with E-state index in [2.05, 4.69) is 0 Å². The molecule has 0 aliphatic heterocycles. The minimum Gasteiger partial charge on any atom is -0.508 e. The third kappa shape index (κ3) is 4.59. The SMILES string of the molecule is Cc1c(Cc2c(Cl)cc(OCC(=O)O)cc2Cl)ccc(O)c1C(C)C. The van der Waals surface area contributed by atoms with Gasteiger partial charge >= 0.3 is 5.97 Å². The van der Waals surface area contributed by atoms with E-state index in [1.165, 1.54) is 0 Å². The van der Waals surface area contributed by atoms with Crippen LogP contribution in [-0.4, -0.2) is 22.8 Å². The number of rotatable bonds is 6. The number of phenols is 1. The first-order valence-corrected chi connectivity index (χ1v) is 8.60. The van der Waals surface area contributed by atoms with Crippen LogP contribution in [0, 0.1) is 6.92 Å². The zero-order valence-corrected chi connectivity index (χ0v) is 15.8. The maximum atomic E-state index is 10.6. The summed E-state index contributed by atoms with van der Waals surface area (Å²) in [4.78, 5) is 10.6. The summed E-state index contributed by atoms with van der Waals surface area (Å²) in [6, 6.07) is 6.66. The molecule has 134 valence electrons. The average Bonchev–Trinajstić information content (AvgIpc) is 2.50. The molecular formula is C19H20Cl2O4. The molecule has 2 aromatic carbocycles. The second-order valence-electron chi connectivity index (χ2n) is 6.16. The lowest BCUT2D eigenvalue weighted by Gasteiger charge is -2.17. The van der Waals surface area contributed by atoms with Crippen LogP contribution >= 0.6 is 23.2 Å². The van der Waals surface area contributed by atoms with Gasteiger partial charge in [-0.1, -0.05) is 43.1 Å². The zero-order valence-electron chi connectivity index (χ0n) is 14.3. The summed E-state index contributed by atoms with van der Waals surface area (Å²) in [5.41, 5.74) is 3.67. The fourth-order valence-corrected chi connectivity index (χ4v) is 3.45. The molecule has 0 spiro atoms. The third-order valence-corrected chi connectivity index (χ3v) is 4.70. The topological polar surface area (TPSA) is 66.8 Å². The summed E-state index contributed by atoms with van der Waals surface area (Å²) in [7, 11) is 0. The Hall–Kier alpha value is -1.91. The number of hydrogen-bond donors (Lipinski definition) is 2. The quantitative estimate of drug-likeness (QED) is 0.721. The summed E-state index contributed by atoms with van der Waals surface area (Å²) in [6.07, 6.45) is 0.503. The number of halogens is 2. The standard InChI is InChI=1S/C19H20Cl2O4/c1-10(2)19-11(3)12(4-5-17(19)22)6-14-15(20)7-13(8-16(14)21)25-9-18(23)24/h4-5,7-8,10,22H,6,9H2,1-3H3,(H,23,24). The Bertz CT molecular complexity index is 777. The van der Waals surface area contributed by atoms with Crippen LogP contribution in [0.3, 0.4) is 0 Å². The smallest absolute Gasteiger partial charge is 0.341 e. The predicted molar refractivity (Wildman–Crippen MR) is 99.3 cm³/mol. The van der Waals surface area contributed by atoms with E-state index < -0.39 is 12.6 Å². The van der Waals surface area contributed by atoms with Crippen molar-refractivity contribution in [2.45, 2.75) is 33.1 Å². The molecule has 25 heavy (non-hydrogen) atoms. The van der Waals surface area contributed by atoms with Gasteiger partial charge in [0.1, 0.15) is 11.5 Å². The normalized spacial score (nSPS) is 11.0. The van der Waals surface area contributed by atoms with Gasteiger partial charge in [0.2, 0.25) is 0 Å². The molecule has 0 unspecified atom stereocenters. The molecule has 0 bridgehead atoms. The van der Waals surface area contributed by atoms with Crippen LogP contribution < -0.4 is 4.74 Å². The van der Waals surface area contributed by atoms with Gasteiger partial charge in [-0.05, 0) is 53.3 Å². The molecule has 0 saturated heterocycles. The number of phenolic OH excluding ortho intramolecular Hbond substituents is 1. The van der Waals surface area contributed by atoms with Gasteiger partial charge in [0, 0.05) is 16.5 Å². The van der Waals surface area contributed by atoms with Crippen LogP contribution in [0.5, 0.6) is 11.5 Å². The van der Waals surface area contributed by atoms with E-state index in [0.717, 1.165) is 22.3 Å². The number of aliphatic carboxylic acids is 1. The molecule has 2 aromatic rings. The molecular weight excluding hydrogens is 363 g/mol. The number of hydrogen-bond acceptors (Lipinski definition) is 3. The van der Waals surface area contributed by atoms with Crippen LogP contribution in [0.4, 0.5) is 0 Å². The molecule has 0 aromatic heterocycles. The molecule has 0 aliphatic rings. The van der Waals surface area contributed by atoms with Gasteiger partial charge in [0.05, 0.1) is 0 Å². The van der Waals surface area contributed by atoms with Crippen molar-refractivity contribution < 1.29 is 19.7 Å². The summed E-state index contributed by atoms with van der Waals surface area (Å²) in [5.74, 6) is -0.285. The van der Waals surface area contributed by atoms with Gasteiger partial charge < -0.3 is 14.9 Å². The van der Waals surface area contributed by atoms with Crippen molar-refractivity contribution >= 4 is 29.2 Å². The van der Waals surface area contributed by atoms with Gasteiger partial charge in [-0.15, -0.1) is 0 Å². The summed E-state index contributed by atoms with van der Waals surface area (Å²) < 4.78 is 5.12. The molecule has 6 heteroatoms. The minimum atomic E-state index is -1.07. The lowest BCUT2D eigenvalue weighted by molar-refractivity contribution is -0.139. The van der Waals surface area contributed by atoms with Crippen LogP contribution in [0.15, 0.2) is 24.3 Å². The number of benzene rings is 2. The Kier molecular flexibility index (Phi) is 6.20. The molecule has 0 atom stereocenters. The van der Waals surface area contributed by atoms with Gasteiger partial charge in [-0.2, -0.15) is 0 Å². The number of ether oxygens (including phenoxy) is 1. The maximum Gasteiger partial charge on any atom is 0.341 e. The van der Waals surface area contributed by atoms with E-state index in [0.29, 0.717) is 22.2 Å². The maximum absolute atomic E-state index is 10.6. The van der Waals surface area contributed by atoms with Crippen LogP contribution in [-0.2, 0) is 11.2 Å². The van der Waals surface area contributed by atoms with Gasteiger partial charge in [-0.25, -0.2) is 4.79 Å². The number of carboxylic acid groups (broad SMARTS) is 1. The Balaban J connectivity index is 2.35. The van der Waals surface area contributed by atoms with E-state index in [4.69, 9.17) is 33.0 Å². The van der Waals surface area contributed by atoms with Gasteiger partial charge in [-0.3, -0.25) is 0 Å². The molecule has 4 nitrogen and oxygen atoms in total. The molecule has 0 aliphatic carbocycles. The largest absolute Gasteiger partial charge is 0.508 e. The fourth-order valence-electron chi connectivity index (χ4n) is 2.85. The lowest BCUT2D eigenvalue weighted by atomic mass is 9.90. The third-order valence-electron chi connectivity index (χ3n) is 4.03. The summed E-state index contributed by atoms with van der Waals surface area (Å²) in [6.45, 7) is 5.57. The number of aromatic hydroxyl groups is 1. The highest BCUT2D eigenvalue weighted by molar-refractivity contribution is 6.36. The second kappa shape index (κ2) is 7.98. The fraction of sp³-hybridized carbons (Fsp3) is 0.316. The van der Waals surface area contributed by atoms with Crippen molar-refractivity contribution in [2.24, 2.45) is 0 Å². The highest BCUT2D eigenvalue weighted by Gasteiger charge is 2.16. The molecule has 0 fully saturated rings. The molecule has 0 saturated carbocycles. The van der Waals surface area contributed by atoms with Crippen LogP contribution in [0.1, 0.15) is 42.0 Å². The van der Waals surface area contributed by atoms with Crippen molar-refractivity contribution in [3.8, 4) is 11.5 Å². The predicted octanol–water partition coefficient (Wildman–Crippen LogP) is 5.19. The monoisotopic (exact) mass is 382 g/mol. The molecule has 2 rings (SSSR count). The van der Waals surface area contributed by atoms with Gasteiger partial charge in [0.15, 0.2) is 6.61 Å². The van der Waals surface area contributed by atoms with Gasteiger partial charge in [0.25, 0.3) is 0 Å². The van der Waals surface area contributed by atoms with E-state index in [1.54, 1.807) is 18.2 Å². The first-order chi connectivity index (χ1) is 11.7. The molecule has 2 N–H and O–H groups in total. The summed E-state index contributed by atoms with van der Waals surface area (Å²) >= 11 is 12.6. The molecule has 0 radical (unpaired) electrons. The first-order valence-electron chi connectivity index (χ1n) is 7.84. The Morgan fingerprint density at radius 2 is 1.80 bits per heavy atom. The number of carbonyl (C=O) groups is 1. The Morgan fingerprint density at radius 1 is 1.20 bits per heavy atom. The minimum absolute atomic E-state index is 0.192. The van der Waals surface area contributed by atoms with E-state index in [1.807, 2.05) is 26.8 Å².